The Morgan fingerprint density at radius 3 is 2.33 bits per heavy atom. The van der Waals surface area contributed by atoms with Gasteiger partial charge >= 0.3 is 0 Å². The van der Waals surface area contributed by atoms with Crippen LogP contribution in [0.3, 0.4) is 0 Å². The van der Waals surface area contributed by atoms with Crippen molar-refractivity contribution in [3.63, 3.8) is 0 Å². The van der Waals surface area contributed by atoms with Gasteiger partial charge in [-0.05, 0) is 32.6 Å². The normalized spacial score (nSPS) is 19.6. The fraction of sp³-hybridized carbons (Fsp3) is 1.00. The van der Waals surface area contributed by atoms with Gasteiger partial charge in [0.25, 0.3) is 0 Å². The summed E-state index contributed by atoms with van der Waals surface area (Å²) in [6, 6.07) is 0. The van der Waals surface area contributed by atoms with Crippen LogP contribution in [0.1, 0.15) is 26.7 Å². The first-order valence-electron chi connectivity index (χ1n) is 3.95. The van der Waals surface area contributed by atoms with Crippen molar-refractivity contribution in [2.24, 2.45) is 5.92 Å². The molecule has 1 aliphatic rings. The molecule has 0 unspecified atom stereocenters. The molecule has 1 aliphatic carbocycles. The Morgan fingerprint density at radius 2 is 2.00 bits per heavy atom. The lowest BCUT2D eigenvalue weighted by atomic mass is 10.0. The Bertz CT molecular complexity index is 257. The van der Waals surface area contributed by atoms with Gasteiger partial charge in [-0.15, -0.1) is 0 Å². The largest absolute Gasteiger partial charge is 0.222 e. The molecule has 3 nitrogen and oxygen atoms in total. The topological polar surface area (TPSA) is 46.2 Å². The third-order valence-corrected chi connectivity index (χ3v) is 5.09. The standard InChI is InChI=1S/C7H14BrNO2S/c1-7(2,6-3-4-6)9-12(10,11)5-8/h6,9H,3-5H2,1-2H3. The third-order valence-electron chi connectivity index (χ3n) is 2.16. The SMILES string of the molecule is CC(C)(NS(=O)(=O)CBr)C1CC1. The van der Waals surface area contributed by atoms with Crippen LogP contribution in [-0.4, -0.2) is 18.6 Å². The molecule has 0 bridgehead atoms. The fourth-order valence-corrected chi connectivity index (χ4v) is 2.68. The monoisotopic (exact) mass is 255 g/mol. The highest BCUT2D eigenvalue weighted by Crippen LogP contribution is 2.39. The second kappa shape index (κ2) is 3.27. The van der Waals surface area contributed by atoms with Gasteiger partial charge in [0.15, 0.2) is 0 Å². The minimum atomic E-state index is -3.12. The second-order valence-electron chi connectivity index (χ2n) is 3.82. The first kappa shape index (κ1) is 10.5. The predicted octanol–water partition coefficient (Wildman–Crippen LogP) is 1.45. The highest BCUT2D eigenvalue weighted by atomic mass is 79.9. The number of nitrogens with one attached hydrogen (secondary N) is 1. The minimum absolute atomic E-state index is 0.0177. The molecule has 1 fully saturated rings. The zero-order valence-corrected chi connectivity index (χ0v) is 9.70. The summed E-state index contributed by atoms with van der Waals surface area (Å²) in [4.78, 5) is 0. The second-order valence-corrected chi connectivity index (χ2v) is 6.85. The smallest absolute Gasteiger partial charge is 0.212 e. The van der Waals surface area contributed by atoms with E-state index in [2.05, 4.69) is 20.7 Å². The molecule has 1 saturated carbocycles. The number of halogens is 1. The van der Waals surface area contributed by atoms with Gasteiger partial charge in [0.2, 0.25) is 10.0 Å². The molecule has 0 atom stereocenters. The summed E-state index contributed by atoms with van der Waals surface area (Å²) >= 11 is 2.94. The summed E-state index contributed by atoms with van der Waals surface area (Å²) < 4.78 is 25.0. The summed E-state index contributed by atoms with van der Waals surface area (Å²) in [5, 5.41) is 0. The Morgan fingerprint density at radius 1 is 1.50 bits per heavy atom. The molecule has 0 aromatic heterocycles. The van der Waals surface area contributed by atoms with Gasteiger partial charge in [0.05, 0.1) is 0 Å². The quantitative estimate of drug-likeness (QED) is 0.774. The minimum Gasteiger partial charge on any atom is -0.212 e. The van der Waals surface area contributed by atoms with Crippen molar-refractivity contribution in [1.29, 1.82) is 0 Å². The van der Waals surface area contributed by atoms with Gasteiger partial charge in [-0.1, -0.05) is 15.9 Å². The summed E-state index contributed by atoms with van der Waals surface area (Å²) in [6.45, 7) is 3.87. The molecule has 0 aliphatic heterocycles. The van der Waals surface area contributed by atoms with Gasteiger partial charge in [-0.2, -0.15) is 0 Å². The van der Waals surface area contributed by atoms with Gasteiger partial charge in [0, 0.05) is 5.54 Å². The zero-order chi connectivity index (χ0) is 9.41. The Balaban J connectivity index is 2.60. The van der Waals surface area contributed by atoms with Crippen LogP contribution < -0.4 is 4.72 Å². The highest BCUT2D eigenvalue weighted by molar-refractivity contribution is 9.10. The average molecular weight is 256 g/mol. The molecule has 0 saturated heterocycles. The van der Waals surface area contributed by atoms with E-state index in [0.29, 0.717) is 5.92 Å². The van der Waals surface area contributed by atoms with Crippen LogP contribution in [0.2, 0.25) is 0 Å². The van der Waals surface area contributed by atoms with Crippen molar-refractivity contribution < 1.29 is 8.42 Å². The summed E-state index contributed by atoms with van der Waals surface area (Å²) in [7, 11) is -3.12. The fourth-order valence-electron chi connectivity index (χ4n) is 1.32. The number of hydrogen-bond donors (Lipinski definition) is 1. The highest BCUT2D eigenvalue weighted by Gasteiger charge is 2.39. The van der Waals surface area contributed by atoms with Crippen molar-refractivity contribution in [2.75, 3.05) is 4.66 Å². The van der Waals surface area contributed by atoms with Crippen molar-refractivity contribution in [3.8, 4) is 0 Å². The van der Waals surface area contributed by atoms with Crippen LogP contribution in [-0.2, 0) is 10.0 Å². The average Bonchev–Trinajstić information content (AvgIpc) is 2.65. The lowest BCUT2D eigenvalue weighted by molar-refractivity contribution is 0.402. The van der Waals surface area contributed by atoms with E-state index < -0.39 is 10.0 Å². The third kappa shape index (κ3) is 2.71. The van der Waals surface area contributed by atoms with E-state index >= 15 is 0 Å². The van der Waals surface area contributed by atoms with E-state index in [1.54, 1.807) is 0 Å². The number of sulfonamides is 1. The van der Waals surface area contributed by atoms with Crippen LogP contribution in [0, 0.1) is 5.92 Å². The van der Waals surface area contributed by atoms with Gasteiger partial charge in [0.1, 0.15) is 4.66 Å². The maximum atomic E-state index is 11.2. The lowest BCUT2D eigenvalue weighted by Crippen LogP contribution is -2.45. The molecule has 0 aromatic carbocycles. The van der Waals surface area contributed by atoms with Crippen LogP contribution in [0.15, 0.2) is 0 Å². The summed E-state index contributed by atoms with van der Waals surface area (Å²) in [5.41, 5.74) is -0.271. The van der Waals surface area contributed by atoms with Gasteiger partial charge in [-0.3, -0.25) is 0 Å². The summed E-state index contributed by atoms with van der Waals surface area (Å²) in [6.07, 6.45) is 2.27. The van der Waals surface area contributed by atoms with Crippen molar-refractivity contribution in [1.82, 2.24) is 4.72 Å². The summed E-state index contributed by atoms with van der Waals surface area (Å²) in [5.74, 6) is 0.520. The molecule has 1 N–H and O–H groups in total. The molecule has 0 radical (unpaired) electrons. The van der Waals surface area contributed by atoms with Crippen molar-refractivity contribution in [3.05, 3.63) is 0 Å². The van der Waals surface area contributed by atoms with E-state index in [1.807, 2.05) is 13.8 Å². The van der Waals surface area contributed by atoms with Crippen LogP contribution in [0.25, 0.3) is 0 Å². The number of hydrogen-bond acceptors (Lipinski definition) is 2. The predicted molar refractivity (Wildman–Crippen MR) is 52.7 cm³/mol. The van der Waals surface area contributed by atoms with Gasteiger partial charge in [-0.25, -0.2) is 13.1 Å². The Labute approximate surface area is 82.1 Å². The Hall–Kier alpha value is 0.390. The molecule has 5 heteroatoms. The van der Waals surface area contributed by atoms with Crippen LogP contribution >= 0.6 is 15.9 Å². The number of rotatable bonds is 4. The van der Waals surface area contributed by atoms with E-state index in [-0.39, 0.29) is 10.2 Å². The molecule has 72 valence electrons. The van der Waals surface area contributed by atoms with Crippen LogP contribution in [0.5, 0.6) is 0 Å². The zero-order valence-electron chi connectivity index (χ0n) is 7.30. The molecule has 1 rings (SSSR count). The number of alkyl halides is 1. The lowest BCUT2D eigenvalue weighted by Gasteiger charge is -2.24. The Kier molecular flexibility index (Phi) is 2.85. The molecule has 0 heterocycles. The molecule has 0 aromatic rings. The molecule has 0 amide bonds. The van der Waals surface area contributed by atoms with E-state index in [0.717, 1.165) is 12.8 Å². The van der Waals surface area contributed by atoms with E-state index in [9.17, 15) is 8.42 Å². The maximum absolute atomic E-state index is 11.2. The first-order chi connectivity index (χ1) is 5.37. The van der Waals surface area contributed by atoms with Gasteiger partial charge < -0.3 is 0 Å². The van der Waals surface area contributed by atoms with E-state index in [4.69, 9.17) is 0 Å². The molecular weight excluding hydrogens is 242 g/mol. The molecular formula is C7H14BrNO2S. The first-order valence-corrected chi connectivity index (χ1v) is 6.72. The van der Waals surface area contributed by atoms with Crippen molar-refractivity contribution >= 4 is 26.0 Å². The molecule has 12 heavy (non-hydrogen) atoms. The van der Waals surface area contributed by atoms with Crippen LogP contribution in [0.4, 0.5) is 0 Å². The molecule has 0 spiro atoms. The maximum Gasteiger partial charge on any atom is 0.222 e. The van der Waals surface area contributed by atoms with Crippen molar-refractivity contribution in [2.45, 2.75) is 32.2 Å². The van der Waals surface area contributed by atoms with E-state index in [1.165, 1.54) is 0 Å².